The first-order valence-electron chi connectivity index (χ1n) is 15.6. The maximum atomic E-state index is 15.5. The molecule has 1 spiro atoms. The summed E-state index contributed by atoms with van der Waals surface area (Å²) in [5, 5.41) is 10.1. The van der Waals surface area contributed by atoms with E-state index in [9.17, 15) is 19.5 Å². The molecule has 11 heteroatoms. The molecule has 2 fully saturated rings. The Balaban J connectivity index is 1.03. The van der Waals surface area contributed by atoms with Crippen molar-refractivity contribution in [3.8, 4) is 11.1 Å². The van der Waals surface area contributed by atoms with E-state index in [0.29, 0.717) is 17.7 Å². The maximum absolute atomic E-state index is 15.5. The summed E-state index contributed by atoms with van der Waals surface area (Å²) in [5.41, 5.74) is 3.65. The van der Waals surface area contributed by atoms with Crippen molar-refractivity contribution in [3.05, 3.63) is 71.1 Å². The molecule has 2 aromatic carbocycles. The van der Waals surface area contributed by atoms with Crippen LogP contribution >= 0.6 is 0 Å². The molecule has 1 aromatic heterocycles. The van der Waals surface area contributed by atoms with Gasteiger partial charge in [-0.15, -0.1) is 0 Å². The number of rotatable bonds is 5. The zero-order valence-electron chi connectivity index (χ0n) is 25.9. The number of halogens is 1. The molecule has 2 amide bonds. The summed E-state index contributed by atoms with van der Waals surface area (Å²) in [7, 11) is 0. The van der Waals surface area contributed by atoms with Crippen LogP contribution in [0.25, 0.3) is 11.1 Å². The fraction of sp³-hybridized carbons (Fsp3) is 0.471. The summed E-state index contributed by atoms with van der Waals surface area (Å²) >= 11 is 0. The van der Waals surface area contributed by atoms with Crippen LogP contribution in [0.4, 0.5) is 14.9 Å². The molecule has 5 heterocycles. The van der Waals surface area contributed by atoms with Crippen LogP contribution in [0.15, 0.2) is 42.7 Å². The molecule has 2 saturated heterocycles. The highest BCUT2D eigenvalue weighted by Crippen LogP contribution is 2.42. The summed E-state index contributed by atoms with van der Waals surface area (Å²) in [6.07, 6.45) is 4.96. The number of hydrogen-bond acceptors (Lipinski definition) is 6. The number of aromatic nitrogens is 2. The summed E-state index contributed by atoms with van der Waals surface area (Å²) in [6.45, 7) is 9.50. The molecule has 45 heavy (non-hydrogen) atoms. The summed E-state index contributed by atoms with van der Waals surface area (Å²) in [4.78, 5) is 48.0. The van der Waals surface area contributed by atoms with Gasteiger partial charge in [0.2, 0.25) is 0 Å². The fourth-order valence-corrected chi connectivity index (χ4v) is 7.33. The van der Waals surface area contributed by atoms with Crippen molar-refractivity contribution in [2.45, 2.75) is 71.2 Å². The van der Waals surface area contributed by atoms with E-state index in [1.165, 1.54) is 11.0 Å². The van der Waals surface area contributed by atoms with Crippen molar-refractivity contribution in [1.29, 1.82) is 0 Å². The molecule has 236 valence electrons. The van der Waals surface area contributed by atoms with E-state index in [1.807, 2.05) is 49.6 Å². The second kappa shape index (κ2) is 10.6. The number of aryl methyl sites for hydroxylation is 1. The first-order chi connectivity index (χ1) is 21.4. The number of ether oxygens (including phenoxy) is 1. The predicted molar refractivity (Wildman–Crippen MR) is 164 cm³/mol. The Morgan fingerprint density at radius 1 is 1.04 bits per heavy atom. The Labute approximate surface area is 261 Å². The highest BCUT2D eigenvalue weighted by atomic mass is 19.1. The molecule has 0 saturated carbocycles. The molecule has 4 aliphatic heterocycles. The molecule has 1 N–H and O–H groups in total. The van der Waals surface area contributed by atoms with Crippen molar-refractivity contribution in [1.82, 2.24) is 19.4 Å². The lowest BCUT2D eigenvalue weighted by Gasteiger charge is -2.54. The minimum Gasteiger partial charge on any atom is -0.479 e. The lowest BCUT2D eigenvalue weighted by Crippen LogP contribution is -2.62. The zero-order valence-corrected chi connectivity index (χ0v) is 25.9. The zero-order chi connectivity index (χ0) is 31.7. The van der Waals surface area contributed by atoms with Gasteiger partial charge in [-0.05, 0) is 81.8 Å². The molecule has 10 nitrogen and oxygen atoms in total. The molecular weight excluding hydrogens is 577 g/mol. The number of aliphatic carboxylic acids is 1. The van der Waals surface area contributed by atoms with Crippen LogP contribution in [0.5, 0.6) is 0 Å². The van der Waals surface area contributed by atoms with E-state index in [-0.39, 0.29) is 29.2 Å². The normalized spacial score (nSPS) is 19.4. The number of anilines is 1. The molecule has 1 atom stereocenters. The second-order valence-corrected chi connectivity index (χ2v) is 13.9. The fourth-order valence-electron chi connectivity index (χ4n) is 7.33. The minimum absolute atomic E-state index is 0.117. The maximum Gasteiger partial charge on any atom is 0.410 e. The molecule has 0 bridgehead atoms. The van der Waals surface area contributed by atoms with Gasteiger partial charge in [0.25, 0.3) is 5.91 Å². The number of fused-ring (bicyclic) bond motifs is 2. The van der Waals surface area contributed by atoms with Gasteiger partial charge in [0.05, 0.1) is 18.6 Å². The highest BCUT2D eigenvalue weighted by Gasteiger charge is 2.48. The Kier molecular flexibility index (Phi) is 6.90. The minimum atomic E-state index is -1.27. The molecule has 1 unspecified atom stereocenters. The first-order valence-corrected chi connectivity index (χ1v) is 15.6. The number of carbonyl (C=O) groups is 3. The van der Waals surface area contributed by atoms with E-state index in [0.717, 1.165) is 68.9 Å². The lowest BCUT2D eigenvalue weighted by atomic mass is 9.72. The van der Waals surface area contributed by atoms with Crippen LogP contribution in [-0.4, -0.2) is 74.2 Å². The number of amides is 2. The number of carboxylic acids is 1. The summed E-state index contributed by atoms with van der Waals surface area (Å²) in [5.74, 6) is -2.20. The number of likely N-dealkylation sites (tertiary alicyclic amines) is 1. The van der Waals surface area contributed by atoms with Crippen molar-refractivity contribution >= 4 is 23.7 Å². The van der Waals surface area contributed by atoms with Crippen LogP contribution in [0.1, 0.15) is 73.4 Å². The SMILES string of the molecule is CC(C)(C)OC(=O)N1CC2(CCN(c3ccc(-c4cc(F)c5c(c4)C(=O)N(C(C(=O)O)c4ncn6c4CCC6)C5)cc3)CC2)C1. The third-order valence-corrected chi connectivity index (χ3v) is 9.71. The van der Waals surface area contributed by atoms with E-state index < -0.39 is 29.3 Å². The standard InChI is InChI=1S/C34H38FN5O5/c1-33(2,3)45-32(44)39-18-34(19-39)10-13-37(14-11-34)23-8-6-21(7-9-23)22-15-24-25(26(35)16-22)17-40(30(24)41)29(31(42)43)28-27-5-4-12-38(27)20-36-28/h6-9,15-16,20,29H,4-5,10-14,17-19H2,1-3H3,(H,42,43). The van der Waals surface area contributed by atoms with E-state index in [2.05, 4.69) is 9.88 Å². The molecule has 4 aliphatic rings. The van der Waals surface area contributed by atoms with E-state index >= 15 is 4.39 Å². The van der Waals surface area contributed by atoms with Crippen LogP contribution in [0.3, 0.4) is 0 Å². The average Bonchev–Trinajstić information content (AvgIpc) is 3.68. The van der Waals surface area contributed by atoms with Crippen molar-refractivity contribution < 1.29 is 28.6 Å². The topological polar surface area (TPSA) is 108 Å². The van der Waals surface area contributed by atoms with Crippen LogP contribution < -0.4 is 4.90 Å². The van der Waals surface area contributed by atoms with Gasteiger partial charge in [0, 0.05) is 60.6 Å². The van der Waals surface area contributed by atoms with E-state index in [4.69, 9.17) is 4.74 Å². The number of carbonyl (C=O) groups excluding carboxylic acids is 2. The Morgan fingerprint density at radius 2 is 1.76 bits per heavy atom. The number of imidazole rings is 1. The van der Waals surface area contributed by atoms with Gasteiger partial charge in [0.1, 0.15) is 11.4 Å². The van der Waals surface area contributed by atoms with Gasteiger partial charge in [0.15, 0.2) is 6.04 Å². The van der Waals surface area contributed by atoms with Gasteiger partial charge in [-0.1, -0.05) is 12.1 Å². The molecule has 0 aliphatic carbocycles. The first kappa shape index (κ1) is 29.3. The third kappa shape index (κ3) is 5.21. The quantitative estimate of drug-likeness (QED) is 0.418. The van der Waals surface area contributed by atoms with Gasteiger partial charge < -0.3 is 29.1 Å². The van der Waals surface area contributed by atoms with Gasteiger partial charge in [-0.2, -0.15) is 0 Å². The highest BCUT2D eigenvalue weighted by molar-refractivity contribution is 6.01. The number of nitrogens with zero attached hydrogens (tertiary/aromatic N) is 5. The molecular formula is C34H38FN5O5. The van der Waals surface area contributed by atoms with E-state index in [1.54, 1.807) is 17.3 Å². The predicted octanol–water partition coefficient (Wildman–Crippen LogP) is 5.25. The lowest BCUT2D eigenvalue weighted by molar-refractivity contribution is -0.142. The van der Waals surface area contributed by atoms with Crippen LogP contribution in [0, 0.1) is 11.2 Å². The van der Waals surface area contributed by atoms with Crippen LogP contribution in [-0.2, 0) is 29.0 Å². The summed E-state index contributed by atoms with van der Waals surface area (Å²) in [6, 6.07) is 9.71. The number of carboxylic acid groups (broad SMARTS) is 1. The Bertz CT molecular complexity index is 1680. The molecule has 7 rings (SSSR count). The van der Waals surface area contributed by atoms with Crippen molar-refractivity contribution in [3.63, 3.8) is 0 Å². The van der Waals surface area contributed by atoms with Crippen molar-refractivity contribution in [2.75, 3.05) is 31.1 Å². The average molecular weight is 616 g/mol. The molecule has 3 aromatic rings. The largest absolute Gasteiger partial charge is 0.479 e. The molecule has 0 radical (unpaired) electrons. The van der Waals surface area contributed by atoms with Crippen molar-refractivity contribution in [2.24, 2.45) is 5.41 Å². The van der Waals surface area contributed by atoms with Crippen LogP contribution in [0.2, 0.25) is 0 Å². The Morgan fingerprint density at radius 3 is 2.42 bits per heavy atom. The number of hydrogen-bond donors (Lipinski definition) is 1. The monoisotopic (exact) mass is 615 g/mol. The Hall–Kier alpha value is -4.41. The van der Waals surface area contributed by atoms with Gasteiger partial charge in [-0.3, -0.25) is 4.79 Å². The number of benzene rings is 2. The summed E-state index contributed by atoms with van der Waals surface area (Å²) < 4.78 is 22.9. The van der Waals surface area contributed by atoms with Gasteiger partial charge in [-0.25, -0.2) is 19.0 Å². The smallest absolute Gasteiger partial charge is 0.410 e. The van der Waals surface area contributed by atoms with Gasteiger partial charge >= 0.3 is 12.1 Å². The second-order valence-electron chi connectivity index (χ2n) is 13.9. The number of piperidine rings is 1. The third-order valence-electron chi connectivity index (χ3n) is 9.71.